The molecule has 3 atom stereocenters. The van der Waals surface area contributed by atoms with E-state index in [9.17, 15) is 0 Å². The van der Waals surface area contributed by atoms with Crippen LogP contribution in [0.1, 0.15) is 38.2 Å². The standard InChI is InChI=1S/C15H23N/c1-12-7-9-14(11-12)15(16)10-8-13-5-3-2-4-6-13/h2-6,12,14-15H,7-11,16H2,1H3. The van der Waals surface area contributed by atoms with Crippen LogP contribution in [0.4, 0.5) is 0 Å². The van der Waals surface area contributed by atoms with Crippen molar-refractivity contribution in [2.24, 2.45) is 17.6 Å². The first-order valence-corrected chi connectivity index (χ1v) is 6.55. The number of benzene rings is 1. The van der Waals surface area contributed by atoms with Gasteiger partial charge in [0.2, 0.25) is 0 Å². The van der Waals surface area contributed by atoms with Gasteiger partial charge in [-0.25, -0.2) is 0 Å². The highest BCUT2D eigenvalue weighted by Gasteiger charge is 2.25. The lowest BCUT2D eigenvalue weighted by molar-refractivity contribution is 0.398. The molecule has 1 aliphatic carbocycles. The van der Waals surface area contributed by atoms with Gasteiger partial charge in [0.05, 0.1) is 0 Å². The van der Waals surface area contributed by atoms with Gasteiger partial charge in [-0.2, -0.15) is 0 Å². The predicted octanol–water partition coefficient (Wildman–Crippen LogP) is 3.38. The van der Waals surface area contributed by atoms with Crippen LogP contribution in [0.15, 0.2) is 30.3 Å². The molecule has 0 heterocycles. The van der Waals surface area contributed by atoms with E-state index in [4.69, 9.17) is 5.73 Å². The van der Waals surface area contributed by atoms with Crippen LogP contribution in [-0.4, -0.2) is 6.04 Å². The zero-order valence-corrected chi connectivity index (χ0v) is 10.2. The predicted molar refractivity (Wildman–Crippen MR) is 69.2 cm³/mol. The molecular weight excluding hydrogens is 194 g/mol. The van der Waals surface area contributed by atoms with Crippen LogP contribution >= 0.6 is 0 Å². The van der Waals surface area contributed by atoms with E-state index in [1.165, 1.54) is 24.8 Å². The molecule has 16 heavy (non-hydrogen) atoms. The molecule has 88 valence electrons. The molecule has 0 amide bonds. The molecule has 1 heteroatoms. The molecule has 1 fully saturated rings. The molecule has 2 N–H and O–H groups in total. The molecule has 1 aliphatic rings. The van der Waals surface area contributed by atoms with Crippen LogP contribution in [0.5, 0.6) is 0 Å². The lowest BCUT2D eigenvalue weighted by Gasteiger charge is -2.19. The number of nitrogens with two attached hydrogens (primary N) is 1. The van der Waals surface area contributed by atoms with E-state index < -0.39 is 0 Å². The molecule has 1 aromatic carbocycles. The zero-order valence-electron chi connectivity index (χ0n) is 10.2. The molecule has 2 rings (SSSR count). The van der Waals surface area contributed by atoms with Crippen LogP contribution in [0.3, 0.4) is 0 Å². The van der Waals surface area contributed by atoms with Gasteiger partial charge in [0.15, 0.2) is 0 Å². The van der Waals surface area contributed by atoms with E-state index in [1.807, 2.05) is 0 Å². The summed E-state index contributed by atoms with van der Waals surface area (Å²) in [5.41, 5.74) is 7.71. The Morgan fingerprint density at radius 3 is 2.62 bits per heavy atom. The van der Waals surface area contributed by atoms with Crippen molar-refractivity contribution in [2.75, 3.05) is 0 Å². The van der Waals surface area contributed by atoms with Crippen molar-refractivity contribution in [3.63, 3.8) is 0 Å². The second-order valence-corrected chi connectivity index (χ2v) is 5.37. The van der Waals surface area contributed by atoms with Crippen molar-refractivity contribution in [1.29, 1.82) is 0 Å². The third-order valence-electron chi connectivity index (χ3n) is 3.95. The van der Waals surface area contributed by atoms with Crippen LogP contribution in [-0.2, 0) is 6.42 Å². The quantitative estimate of drug-likeness (QED) is 0.822. The summed E-state index contributed by atoms with van der Waals surface area (Å²) in [5.74, 6) is 1.67. The van der Waals surface area contributed by atoms with Crippen LogP contribution in [0, 0.1) is 11.8 Å². The van der Waals surface area contributed by atoms with E-state index in [-0.39, 0.29) is 0 Å². The first-order chi connectivity index (χ1) is 7.75. The number of rotatable bonds is 4. The van der Waals surface area contributed by atoms with E-state index in [1.54, 1.807) is 0 Å². The minimum Gasteiger partial charge on any atom is -0.327 e. The molecular formula is C15H23N. The zero-order chi connectivity index (χ0) is 11.4. The van der Waals surface area contributed by atoms with Gasteiger partial charge in [-0.1, -0.05) is 43.7 Å². The van der Waals surface area contributed by atoms with Crippen molar-refractivity contribution in [3.8, 4) is 0 Å². The molecule has 0 bridgehead atoms. The van der Waals surface area contributed by atoms with Gasteiger partial charge in [0.25, 0.3) is 0 Å². The molecule has 0 radical (unpaired) electrons. The summed E-state index contributed by atoms with van der Waals surface area (Å²) in [6, 6.07) is 11.1. The molecule has 1 nitrogen and oxygen atoms in total. The maximum Gasteiger partial charge on any atom is 0.00704 e. The number of hydrogen-bond donors (Lipinski definition) is 1. The van der Waals surface area contributed by atoms with Crippen molar-refractivity contribution in [2.45, 2.75) is 45.1 Å². The summed E-state index contributed by atoms with van der Waals surface area (Å²) in [4.78, 5) is 0. The van der Waals surface area contributed by atoms with Crippen LogP contribution in [0.2, 0.25) is 0 Å². The van der Waals surface area contributed by atoms with E-state index >= 15 is 0 Å². The SMILES string of the molecule is CC1CCC(C(N)CCc2ccccc2)C1. The van der Waals surface area contributed by atoms with Crippen molar-refractivity contribution < 1.29 is 0 Å². The van der Waals surface area contributed by atoms with Crippen LogP contribution < -0.4 is 5.73 Å². The van der Waals surface area contributed by atoms with Gasteiger partial charge in [-0.05, 0) is 43.1 Å². The summed E-state index contributed by atoms with van der Waals surface area (Å²) in [5, 5.41) is 0. The summed E-state index contributed by atoms with van der Waals surface area (Å²) in [6.07, 6.45) is 6.34. The van der Waals surface area contributed by atoms with Gasteiger partial charge >= 0.3 is 0 Å². The molecule has 0 spiro atoms. The van der Waals surface area contributed by atoms with Gasteiger partial charge in [-0.3, -0.25) is 0 Å². The minimum absolute atomic E-state index is 0.408. The summed E-state index contributed by atoms with van der Waals surface area (Å²) in [7, 11) is 0. The second-order valence-electron chi connectivity index (χ2n) is 5.37. The highest BCUT2D eigenvalue weighted by atomic mass is 14.7. The fourth-order valence-electron chi connectivity index (χ4n) is 2.85. The highest BCUT2D eigenvalue weighted by molar-refractivity contribution is 5.14. The normalized spacial score (nSPS) is 26.9. The summed E-state index contributed by atoms with van der Waals surface area (Å²) < 4.78 is 0. The Balaban J connectivity index is 1.78. The molecule has 0 saturated heterocycles. The third kappa shape index (κ3) is 3.08. The fraction of sp³-hybridized carbons (Fsp3) is 0.600. The van der Waals surface area contributed by atoms with E-state index in [0.717, 1.165) is 24.7 Å². The Morgan fingerprint density at radius 2 is 2.00 bits per heavy atom. The first kappa shape index (κ1) is 11.7. The fourth-order valence-corrected chi connectivity index (χ4v) is 2.85. The highest BCUT2D eigenvalue weighted by Crippen LogP contribution is 2.33. The van der Waals surface area contributed by atoms with E-state index in [2.05, 4.69) is 37.3 Å². The maximum absolute atomic E-state index is 6.29. The van der Waals surface area contributed by atoms with Gasteiger partial charge in [0.1, 0.15) is 0 Å². The van der Waals surface area contributed by atoms with Crippen molar-refractivity contribution in [1.82, 2.24) is 0 Å². The second kappa shape index (κ2) is 5.49. The molecule has 1 saturated carbocycles. The molecule has 0 aromatic heterocycles. The average Bonchev–Trinajstić information content (AvgIpc) is 2.74. The summed E-state index contributed by atoms with van der Waals surface area (Å²) >= 11 is 0. The molecule has 3 unspecified atom stereocenters. The lowest BCUT2D eigenvalue weighted by atomic mass is 9.92. The molecule has 1 aromatic rings. The topological polar surface area (TPSA) is 26.0 Å². The molecule has 0 aliphatic heterocycles. The maximum atomic E-state index is 6.29. The van der Waals surface area contributed by atoms with E-state index in [0.29, 0.717) is 6.04 Å². The minimum atomic E-state index is 0.408. The Hall–Kier alpha value is -0.820. The number of aryl methyl sites for hydroxylation is 1. The Labute approximate surface area is 99.0 Å². The number of hydrogen-bond acceptors (Lipinski definition) is 1. The smallest absolute Gasteiger partial charge is 0.00704 e. The van der Waals surface area contributed by atoms with Crippen molar-refractivity contribution >= 4 is 0 Å². The Bertz CT molecular complexity index is 306. The largest absolute Gasteiger partial charge is 0.327 e. The van der Waals surface area contributed by atoms with Crippen LogP contribution in [0.25, 0.3) is 0 Å². The Morgan fingerprint density at radius 1 is 1.25 bits per heavy atom. The third-order valence-corrected chi connectivity index (χ3v) is 3.95. The average molecular weight is 217 g/mol. The summed E-state index contributed by atoms with van der Waals surface area (Å²) in [6.45, 7) is 2.35. The van der Waals surface area contributed by atoms with Crippen molar-refractivity contribution in [3.05, 3.63) is 35.9 Å². The van der Waals surface area contributed by atoms with Gasteiger partial charge < -0.3 is 5.73 Å². The van der Waals surface area contributed by atoms with Gasteiger partial charge in [-0.15, -0.1) is 0 Å². The monoisotopic (exact) mass is 217 g/mol. The lowest BCUT2D eigenvalue weighted by Crippen LogP contribution is -2.29. The Kier molecular flexibility index (Phi) is 4.00. The van der Waals surface area contributed by atoms with Gasteiger partial charge in [0, 0.05) is 6.04 Å². The first-order valence-electron chi connectivity index (χ1n) is 6.55.